The molecule has 0 fully saturated rings. The van der Waals surface area contributed by atoms with Crippen LogP contribution in [0.2, 0.25) is 0 Å². The second kappa shape index (κ2) is 19.0. The Morgan fingerprint density at radius 2 is 0.955 bits per heavy atom. The minimum Gasteiger partial charge on any atom is -0.357 e. The van der Waals surface area contributed by atoms with E-state index >= 15 is 0 Å². The van der Waals surface area contributed by atoms with Crippen LogP contribution >= 0.6 is 0 Å². The summed E-state index contributed by atoms with van der Waals surface area (Å²) in [7, 11) is 0. The van der Waals surface area contributed by atoms with Crippen molar-refractivity contribution in [1.82, 2.24) is 0 Å². The minimum absolute atomic E-state index is 0.699. The van der Waals surface area contributed by atoms with Gasteiger partial charge in [-0.05, 0) is 19.8 Å². The van der Waals surface area contributed by atoms with Gasteiger partial charge in [-0.3, -0.25) is 5.73 Å². The molecule has 0 aromatic carbocycles. The lowest BCUT2D eigenvalue weighted by Crippen LogP contribution is -2.13. The normalized spacial score (nSPS) is 11.5. The highest BCUT2D eigenvalue weighted by atomic mass is 16.5. The maximum atomic E-state index is 5.73. The van der Waals surface area contributed by atoms with Gasteiger partial charge in [-0.1, -0.05) is 96.8 Å². The van der Waals surface area contributed by atoms with Gasteiger partial charge in [0.15, 0.2) is 6.23 Å². The summed E-state index contributed by atoms with van der Waals surface area (Å²) >= 11 is 0. The fourth-order valence-corrected chi connectivity index (χ4v) is 2.93. The summed E-state index contributed by atoms with van der Waals surface area (Å²) < 4.78 is 5.26. The minimum atomic E-state index is 0.699. The summed E-state index contributed by atoms with van der Waals surface area (Å²) in [6.45, 7) is 4.97. The molecule has 0 spiro atoms. The highest BCUT2D eigenvalue weighted by Crippen LogP contribution is 2.14. The zero-order chi connectivity index (χ0) is 16.3. The summed E-state index contributed by atoms with van der Waals surface area (Å²) in [5.41, 5.74) is 5.73. The summed E-state index contributed by atoms with van der Waals surface area (Å²) in [6.07, 6.45) is 22.7. The topological polar surface area (TPSA) is 35.2 Å². The fraction of sp³-hybridized carbons (Fsp3) is 0.950. The van der Waals surface area contributed by atoms with Crippen LogP contribution in [-0.4, -0.2) is 6.61 Å². The average molecular weight is 313 g/mol. The molecule has 0 saturated heterocycles. The molecular weight excluding hydrogens is 270 g/mol. The van der Waals surface area contributed by atoms with E-state index < -0.39 is 0 Å². The van der Waals surface area contributed by atoms with Crippen LogP contribution in [0.15, 0.2) is 0 Å². The molecule has 133 valence electrons. The Balaban J connectivity index is 3.00. The summed E-state index contributed by atoms with van der Waals surface area (Å²) in [4.78, 5) is 0. The molecule has 2 nitrogen and oxygen atoms in total. The van der Waals surface area contributed by atoms with Crippen LogP contribution < -0.4 is 5.73 Å². The highest BCUT2D eigenvalue weighted by Gasteiger charge is 2.01. The third kappa shape index (κ3) is 18.0. The second-order valence-corrected chi connectivity index (χ2v) is 6.60. The Morgan fingerprint density at radius 3 is 1.32 bits per heavy atom. The van der Waals surface area contributed by atoms with Crippen molar-refractivity contribution in [3.05, 3.63) is 6.23 Å². The fourth-order valence-electron chi connectivity index (χ4n) is 2.93. The van der Waals surface area contributed by atoms with Crippen LogP contribution in [0.1, 0.15) is 117 Å². The standard InChI is InChI=1S/C20H42NO/c1-3-5-6-7-8-9-10-11-12-13-14-15-16-17-18-19-20(21)22-4-2/h3-19,21H2,1-2H3. The average Bonchev–Trinajstić information content (AvgIpc) is 2.51. The summed E-state index contributed by atoms with van der Waals surface area (Å²) in [5, 5.41) is 0. The first-order chi connectivity index (χ1) is 10.8. The van der Waals surface area contributed by atoms with Crippen LogP contribution in [0.25, 0.3) is 0 Å². The Morgan fingerprint density at radius 1 is 0.591 bits per heavy atom. The van der Waals surface area contributed by atoms with E-state index in [2.05, 4.69) is 6.92 Å². The molecule has 0 aliphatic heterocycles. The first kappa shape index (κ1) is 21.9. The molecule has 0 aliphatic carbocycles. The van der Waals surface area contributed by atoms with E-state index in [1.165, 1.54) is 96.3 Å². The largest absolute Gasteiger partial charge is 0.357 e. The molecule has 0 rings (SSSR count). The van der Waals surface area contributed by atoms with Crippen LogP contribution in [0.3, 0.4) is 0 Å². The maximum Gasteiger partial charge on any atom is 0.159 e. The smallest absolute Gasteiger partial charge is 0.159 e. The molecule has 0 unspecified atom stereocenters. The highest BCUT2D eigenvalue weighted by molar-refractivity contribution is 4.68. The van der Waals surface area contributed by atoms with Crippen molar-refractivity contribution in [2.75, 3.05) is 6.61 Å². The van der Waals surface area contributed by atoms with Crippen LogP contribution in [-0.2, 0) is 4.74 Å². The van der Waals surface area contributed by atoms with Crippen molar-refractivity contribution in [3.8, 4) is 0 Å². The molecule has 0 aromatic rings. The lowest BCUT2D eigenvalue weighted by molar-refractivity contribution is 0.145. The molecule has 1 radical (unpaired) electrons. The van der Waals surface area contributed by atoms with Gasteiger partial charge in [0.1, 0.15) is 0 Å². The van der Waals surface area contributed by atoms with Gasteiger partial charge in [-0.2, -0.15) is 0 Å². The number of rotatable bonds is 18. The van der Waals surface area contributed by atoms with Crippen molar-refractivity contribution in [2.24, 2.45) is 5.73 Å². The summed E-state index contributed by atoms with van der Waals surface area (Å²) in [5.74, 6) is 0. The van der Waals surface area contributed by atoms with Crippen molar-refractivity contribution >= 4 is 0 Å². The Bertz CT molecular complexity index is 196. The molecule has 2 N–H and O–H groups in total. The van der Waals surface area contributed by atoms with E-state index in [1.54, 1.807) is 0 Å². The lowest BCUT2D eigenvalue weighted by Gasteiger charge is -2.09. The first-order valence-corrected chi connectivity index (χ1v) is 10.0. The Labute approximate surface area is 140 Å². The van der Waals surface area contributed by atoms with E-state index in [9.17, 15) is 0 Å². The van der Waals surface area contributed by atoms with Crippen LogP contribution in [0, 0.1) is 6.23 Å². The molecule has 0 aromatic heterocycles. The van der Waals surface area contributed by atoms with Crippen molar-refractivity contribution in [2.45, 2.75) is 117 Å². The second-order valence-electron chi connectivity index (χ2n) is 6.60. The summed E-state index contributed by atoms with van der Waals surface area (Å²) in [6, 6.07) is 0. The Hall–Kier alpha value is -0.0800. The monoisotopic (exact) mass is 312 g/mol. The third-order valence-corrected chi connectivity index (χ3v) is 4.36. The molecule has 0 atom stereocenters. The van der Waals surface area contributed by atoms with Gasteiger partial charge in [-0.25, -0.2) is 0 Å². The number of unbranched alkanes of at least 4 members (excludes halogenated alkanes) is 14. The zero-order valence-corrected chi connectivity index (χ0v) is 15.5. The maximum absolute atomic E-state index is 5.73. The van der Waals surface area contributed by atoms with E-state index in [-0.39, 0.29) is 0 Å². The quantitative estimate of drug-likeness (QED) is 0.285. The van der Waals surface area contributed by atoms with E-state index in [0.717, 1.165) is 12.6 Å². The molecule has 0 bridgehead atoms. The molecule has 0 saturated carbocycles. The van der Waals surface area contributed by atoms with E-state index in [4.69, 9.17) is 10.5 Å². The molecule has 22 heavy (non-hydrogen) atoms. The van der Waals surface area contributed by atoms with Gasteiger partial charge in [-0.15, -0.1) is 0 Å². The van der Waals surface area contributed by atoms with E-state index in [1.807, 2.05) is 6.92 Å². The van der Waals surface area contributed by atoms with Crippen LogP contribution in [0.5, 0.6) is 0 Å². The number of nitrogens with two attached hydrogens (primary N) is 1. The van der Waals surface area contributed by atoms with Gasteiger partial charge < -0.3 is 4.74 Å². The molecule has 2 heteroatoms. The zero-order valence-electron chi connectivity index (χ0n) is 15.5. The molecule has 0 heterocycles. The first-order valence-electron chi connectivity index (χ1n) is 10.0. The van der Waals surface area contributed by atoms with Gasteiger partial charge in [0, 0.05) is 6.61 Å². The lowest BCUT2D eigenvalue weighted by atomic mass is 10.0. The number of hydrogen-bond acceptors (Lipinski definition) is 2. The number of ether oxygens (including phenoxy) is 1. The van der Waals surface area contributed by atoms with Crippen LogP contribution in [0.4, 0.5) is 0 Å². The predicted molar refractivity (Wildman–Crippen MR) is 98.6 cm³/mol. The number of hydrogen-bond donors (Lipinski definition) is 1. The van der Waals surface area contributed by atoms with Crippen molar-refractivity contribution in [1.29, 1.82) is 0 Å². The van der Waals surface area contributed by atoms with E-state index in [0.29, 0.717) is 6.61 Å². The molecule has 0 amide bonds. The van der Waals surface area contributed by atoms with Gasteiger partial charge in [0.05, 0.1) is 0 Å². The molecular formula is C20H42NO. The third-order valence-electron chi connectivity index (χ3n) is 4.36. The SMILES string of the molecule is CCCCCCCCCCCCCCCCC[C](N)OCC. The van der Waals surface area contributed by atoms with Gasteiger partial charge >= 0.3 is 0 Å². The Kier molecular flexibility index (Phi) is 18.9. The van der Waals surface area contributed by atoms with Crippen molar-refractivity contribution in [3.63, 3.8) is 0 Å². The van der Waals surface area contributed by atoms with Crippen molar-refractivity contribution < 1.29 is 4.74 Å². The van der Waals surface area contributed by atoms with Gasteiger partial charge in [0.25, 0.3) is 0 Å². The van der Waals surface area contributed by atoms with Gasteiger partial charge in [0.2, 0.25) is 0 Å². The molecule has 0 aliphatic rings. The predicted octanol–water partition coefficient (Wildman–Crippen LogP) is 6.73.